The van der Waals surface area contributed by atoms with Crippen LogP contribution in [0.15, 0.2) is 46.0 Å². The second kappa shape index (κ2) is 10.2. The summed E-state index contributed by atoms with van der Waals surface area (Å²) in [6.45, 7) is 5.25. The molecule has 0 saturated carbocycles. The fourth-order valence-corrected chi connectivity index (χ4v) is 3.05. The average molecular weight is 467 g/mol. The number of nitrogens with zero attached hydrogens (tertiary/aromatic N) is 1. The zero-order valence-corrected chi connectivity index (χ0v) is 18.1. The summed E-state index contributed by atoms with van der Waals surface area (Å²) in [5, 5.41) is 7.29. The van der Waals surface area contributed by atoms with Gasteiger partial charge in [0.1, 0.15) is 5.75 Å². The zero-order chi connectivity index (χ0) is 20.7. The van der Waals surface area contributed by atoms with Crippen LogP contribution in [0.25, 0.3) is 0 Å². The SMILES string of the molecule is CC(CC(=O)Nc1cccc(Cl)c1C)=NNC(=O)COc1ccc(C)cc1Br. The molecule has 2 N–H and O–H groups in total. The first kappa shape index (κ1) is 21.9. The van der Waals surface area contributed by atoms with Crippen molar-refractivity contribution < 1.29 is 14.3 Å². The molecule has 28 heavy (non-hydrogen) atoms. The first-order chi connectivity index (χ1) is 13.3. The number of hydrogen-bond acceptors (Lipinski definition) is 4. The molecule has 148 valence electrons. The molecule has 0 aliphatic carbocycles. The van der Waals surface area contributed by atoms with Crippen LogP contribution in [0.5, 0.6) is 5.75 Å². The summed E-state index contributed by atoms with van der Waals surface area (Å²) in [4.78, 5) is 24.0. The maximum atomic E-state index is 12.1. The van der Waals surface area contributed by atoms with Crippen LogP contribution in [0, 0.1) is 13.8 Å². The first-order valence-corrected chi connectivity index (χ1v) is 9.69. The van der Waals surface area contributed by atoms with Gasteiger partial charge >= 0.3 is 0 Å². The fraction of sp³-hybridized carbons (Fsp3) is 0.250. The summed E-state index contributed by atoms with van der Waals surface area (Å²) in [5.74, 6) is -0.101. The van der Waals surface area contributed by atoms with E-state index in [1.165, 1.54) is 0 Å². The number of benzene rings is 2. The highest BCUT2D eigenvalue weighted by atomic mass is 79.9. The lowest BCUT2D eigenvalue weighted by molar-refractivity contribution is -0.123. The first-order valence-electron chi connectivity index (χ1n) is 8.52. The summed E-state index contributed by atoms with van der Waals surface area (Å²) in [7, 11) is 0. The third-order valence-electron chi connectivity index (χ3n) is 3.78. The Morgan fingerprint density at radius 3 is 2.64 bits per heavy atom. The molecular formula is C20H21BrClN3O3. The van der Waals surface area contributed by atoms with Crippen molar-refractivity contribution in [3.63, 3.8) is 0 Å². The van der Waals surface area contributed by atoms with Crippen molar-refractivity contribution in [2.24, 2.45) is 5.10 Å². The lowest BCUT2D eigenvalue weighted by Gasteiger charge is -2.10. The molecule has 0 unspecified atom stereocenters. The molecule has 2 aromatic rings. The van der Waals surface area contributed by atoms with Crippen LogP contribution in [0.4, 0.5) is 5.69 Å². The molecule has 0 saturated heterocycles. The van der Waals surface area contributed by atoms with Gasteiger partial charge in [-0.05, 0) is 72.1 Å². The Kier molecular flexibility index (Phi) is 8.02. The van der Waals surface area contributed by atoms with Gasteiger partial charge in [0.25, 0.3) is 5.91 Å². The molecule has 0 fully saturated rings. The van der Waals surface area contributed by atoms with Crippen LogP contribution in [0.2, 0.25) is 5.02 Å². The Balaban J connectivity index is 1.81. The van der Waals surface area contributed by atoms with Gasteiger partial charge in [-0.1, -0.05) is 23.7 Å². The number of carbonyl (C=O) groups is 2. The van der Waals surface area contributed by atoms with Gasteiger partial charge in [-0.3, -0.25) is 9.59 Å². The van der Waals surface area contributed by atoms with E-state index in [0.717, 1.165) is 15.6 Å². The zero-order valence-electron chi connectivity index (χ0n) is 15.8. The van der Waals surface area contributed by atoms with E-state index in [1.54, 1.807) is 31.2 Å². The Hall–Kier alpha value is -2.38. The van der Waals surface area contributed by atoms with Crippen LogP contribution in [0.3, 0.4) is 0 Å². The van der Waals surface area contributed by atoms with Crippen molar-refractivity contribution in [2.45, 2.75) is 27.2 Å². The maximum absolute atomic E-state index is 12.1. The summed E-state index contributed by atoms with van der Waals surface area (Å²) in [6, 6.07) is 10.9. The lowest BCUT2D eigenvalue weighted by Crippen LogP contribution is -2.26. The van der Waals surface area contributed by atoms with Crippen molar-refractivity contribution in [3.05, 3.63) is 57.0 Å². The molecule has 6 nitrogen and oxygen atoms in total. The number of ether oxygens (including phenoxy) is 1. The van der Waals surface area contributed by atoms with Gasteiger partial charge in [-0.2, -0.15) is 5.10 Å². The number of hydrogen-bond donors (Lipinski definition) is 2. The second-order valence-corrected chi connectivity index (χ2v) is 7.50. The molecule has 0 aliphatic heterocycles. The van der Waals surface area contributed by atoms with Crippen LogP contribution >= 0.6 is 27.5 Å². The predicted molar refractivity (Wildman–Crippen MR) is 115 cm³/mol. The number of halogens is 2. The molecule has 0 bridgehead atoms. The highest BCUT2D eigenvalue weighted by Gasteiger charge is 2.09. The van der Waals surface area contributed by atoms with E-state index in [4.69, 9.17) is 16.3 Å². The smallest absolute Gasteiger partial charge is 0.277 e. The van der Waals surface area contributed by atoms with Crippen LogP contribution in [-0.4, -0.2) is 24.1 Å². The molecular weight excluding hydrogens is 446 g/mol. The largest absolute Gasteiger partial charge is 0.483 e. The van der Waals surface area contributed by atoms with Crippen molar-refractivity contribution in [1.82, 2.24) is 5.43 Å². The Bertz CT molecular complexity index is 916. The standard InChI is InChI=1S/C20H21BrClN3O3/c1-12-7-8-18(15(21)9-12)28-11-20(27)25-24-13(2)10-19(26)23-17-6-4-5-16(22)14(17)3/h4-9H,10-11H2,1-3H3,(H,23,26)(H,25,27). The number of rotatable bonds is 7. The minimum absolute atomic E-state index is 0.0383. The number of anilines is 1. The summed E-state index contributed by atoms with van der Waals surface area (Å²) in [5.41, 5.74) is 5.36. The van der Waals surface area contributed by atoms with Gasteiger partial charge in [0.05, 0.1) is 10.9 Å². The maximum Gasteiger partial charge on any atom is 0.277 e. The quantitative estimate of drug-likeness (QED) is 0.461. The highest BCUT2D eigenvalue weighted by Crippen LogP contribution is 2.25. The Morgan fingerprint density at radius 1 is 1.18 bits per heavy atom. The van der Waals surface area contributed by atoms with E-state index in [0.29, 0.717) is 22.2 Å². The van der Waals surface area contributed by atoms with E-state index >= 15 is 0 Å². The van der Waals surface area contributed by atoms with Crippen molar-refractivity contribution in [1.29, 1.82) is 0 Å². The molecule has 0 spiro atoms. The van der Waals surface area contributed by atoms with E-state index in [2.05, 4.69) is 31.8 Å². The highest BCUT2D eigenvalue weighted by molar-refractivity contribution is 9.10. The van der Waals surface area contributed by atoms with E-state index in [1.807, 2.05) is 26.0 Å². The van der Waals surface area contributed by atoms with Crippen molar-refractivity contribution in [2.75, 3.05) is 11.9 Å². The third-order valence-corrected chi connectivity index (χ3v) is 4.80. The second-order valence-electron chi connectivity index (χ2n) is 6.24. The van der Waals surface area contributed by atoms with Gasteiger partial charge in [0.2, 0.25) is 5.91 Å². The van der Waals surface area contributed by atoms with E-state index in [-0.39, 0.29) is 18.9 Å². The summed E-state index contributed by atoms with van der Waals surface area (Å²) >= 11 is 9.43. The molecule has 0 radical (unpaired) electrons. The molecule has 0 heterocycles. The van der Waals surface area contributed by atoms with Crippen molar-refractivity contribution >= 4 is 50.7 Å². The Labute approximate surface area is 177 Å². The van der Waals surface area contributed by atoms with Gasteiger partial charge in [0, 0.05) is 16.4 Å². The Morgan fingerprint density at radius 2 is 1.93 bits per heavy atom. The fourth-order valence-electron chi connectivity index (χ4n) is 2.27. The topological polar surface area (TPSA) is 79.8 Å². The summed E-state index contributed by atoms with van der Waals surface area (Å²) in [6.07, 6.45) is 0.0383. The number of amides is 2. The number of hydrazone groups is 1. The normalized spacial score (nSPS) is 11.1. The van der Waals surface area contributed by atoms with E-state index in [9.17, 15) is 9.59 Å². The van der Waals surface area contributed by atoms with Crippen LogP contribution in [-0.2, 0) is 9.59 Å². The molecule has 0 aliphatic rings. The monoisotopic (exact) mass is 465 g/mol. The minimum Gasteiger partial charge on any atom is -0.483 e. The number of carbonyl (C=O) groups excluding carboxylic acids is 2. The molecule has 2 aromatic carbocycles. The average Bonchev–Trinajstić information content (AvgIpc) is 2.63. The van der Waals surface area contributed by atoms with Crippen molar-refractivity contribution in [3.8, 4) is 5.75 Å². The van der Waals surface area contributed by atoms with E-state index < -0.39 is 5.91 Å². The molecule has 2 amide bonds. The molecule has 0 aromatic heterocycles. The number of nitrogens with one attached hydrogen (secondary N) is 2. The van der Waals surface area contributed by atoms with Gasteiger partial charge in [0.15, 0.2) is 6.61 Å². The molecule has 8 heteroatoms. The minimum atomic E-state index is -0.419. The number of aryl methyl sites for hydroxylation is 1. The molecule has 2 rings (SSSR count). The van der Waals surface area contributed by atoms with Crippen LogP contribution in [0.1, 0.15) is 24.5 Å². The lowest BCUT2D eigenvalue weighted by atomic mass is 10.2. The predicted octanol–water partition coefficient (Wildman–Crippen LogP) is 4.62. The summed E-state index contributed by atoms with van der Waals surface area (Å²) < 4.78 is 6.22. The van der Waals surface area contributed by atoms with Gasteiger partial charge in [-0.15, -0.1) is 0 Å². The molecule has 0 atom stereocenters. The van der Waals surface area contributed by atoms with Crippen LogP contribution < -0.4 is 15.5 Å². The van der Waals surface area contributed by atoms with Gasteiger partial charge in [-0.25, -0.2) is 5.43 Å². The van der Waals surface area contributed by atoms with Gasteiger partial charge < -0.3 is 10.1 Å². The third kappa shape index (κ3) is 6.65.